The Kier molecular flexibility index (Phi) is 2.41. The summed E-state index contributed by atoms with van der Waals surface area (Å²) in [6, 6.07) is 3.38. The molecule has 0 aromatic heterocycles. The molecule has 74 valence electrons. The maximum atomic E-state index is 11.3. The Hall–Kier alpha value is -0.740. The molecule has 1 N–H and O–H groups in total. The molecule has 3 nitrogen and oxygen atoms in total. The number of halogens is 2. The van der Waals surface area contributed by atoms with Crippen molar-refractivity contribution in [2.45, 2.75) is 13.0 Å². The molecule has 1 aliphatic rings. The summed E-state index contributed by atoms with van der Waals surface area (Å²) < 4.78 is 6.15. The summed E-state index contributed by atoms with van der Waals surface area (Å²) in [4.78, 5) is 11.3. The molecule has 0 spiro atoms. The van der Waals surface area contributed by atoms with E-state index in [0.29, 0.717) is 16.5 Å². The third-order valence-electron chi connectivity index (χ3n) is 1.93. The Morgan fingerprint density at radius 3 is 3.00 bits per heavy atom. The smallest absolute Gasteiger partial charge is 0.265 e. The number of nitrogens with one attached hydrogen (secondary N) is 1. The first-order valence-electron chi connectivity index (χ1n) is 4.04. The monoisotopic (exact) mass is 275 g/mol. The van der Waals surface area contributed by atoms with Crippen molar-refractivity contribution in [1.29, 1.82) is 0 Å². The van der Waals surface area contributed by atoms with E-state index in [-0.39, 0.29) is 5.91 Å². The van der Waals surface area contributed by atoms with Crippen LogP contribution in [-0.4, -0.2) is 12.0 Å². The van der Waals surface area contributed by atoms with Crippen molar-refractivity contribution in [2.75, 3.05) is 5.32 Å². The Morgan fingerprint density at radius 2 is 2.29 bits per heavy atom. The van der Waals surface area contributed by atoms with Crippen molar-refractivity contribution in [3.63, 3.8) is 0 Å². The number of carbonyl (C=O) groups excluding carboxylic acids is 1. The summed E-state index contributed by atoms with van der Waals surface area (Å²) in [7, 11) is 0. The third kappa shape index (κ3) is 1.60. The first-order valence-corrected chi connectivity index (χ1v) is 5.21. The molecule has 5 heteroatoms. The highest BCUT2D eigenvalue weighted by Crippen LogP contribution is 2.39. The van der Waals surface area contributed by atoms with E-state index in [4.69, 9.17) is 16.3 Å². The Morgan fingerprint density at radius 1 is 1.57 bits per heavy atom. The standard InChI is InChI=1S/C9H7BrClNO2/c1-4-9(13)12-7-3-5(11)2-6(10)8(7)14-4/h2-4H,1H3,(H,12,13). The van der Waals surface area contributed by atoms with Gasteiger partial charge >= 0.3 is 0 Å². The van der Waals surface area contributed by atoms with Crippen molar-refractivity contribution in [3.05, 3.63) is 21.6 Å². The van der Waals surface area contributed by atoms with Gasteiger partial charge < -0.3 is 10.1 Å². The van der Waals surface area contributed by atoms with Crippen LogP contribution in [0.15, 0.2) is 16.6 Å². The van der Waals surface area contributed by atoms with Gasteiger partial charge in [0.2, 0.25) is 0 Å². The van der Waals surface area contributed by atoms with Crippen LogP contribution < -0.4 is 10.1 Å². The summed E-state index contributed by atoms with van der Waals surface area (Å²) in [5.41, 5.74) is 0.604. The highest BCUT2D eigenvalue weighted by Gasteiger charge is 2.25. The Balaban J connectivity index is 2.51. The zero-order chi connectivity index (χ0) is 10.3. The van der Waals surface area contributed by atoms with E-state index in [0.717, 1.165) is 4.47 Å². The number of hydrogen-bond acceptors (Lipinski definition) is 2. The summed E-state index contributed by atoms with van der Waals surface area (Å²) in [6.07, 6.45) is -0.472. The second-order valence-corrected chi connectivity index (χ2v) is 4.30. The largest absolute Gasteiger partial charge is 0.478 e. The molecule has 0 saturated carbocycles. The average Bonchev–Trinajstić information content (AvgIpc) is 2.08. The summed E-state index contributed by atoms with van der Waals surface area (Å²) in [5, 5.41) is 3.26. The van der Waals surface area contributed by atoms with Crippen molar-refractivity contribution >= 4 is 39.1 Å². The minimum absolute atomic E-state index is 0.160. The number of amides is 1. The number of anilines is 1. The van der Waals surface area contributed by atoms with Gasteiger partial charge in [0, 0.05) is 5.02 Å². The van der Waals surface area contributed by atoms with E-state index in [2.05, 4.69) is 21.2 Å². The molecule has 0 bridgehead atoms. The molecule has 1 heterocycles. The third-order valence-corrected chi connectivity index (χ3v) is 2.74. The van der Waals surface area contributed by atoms with Crippen LogP contribution in [0.4, 0.5) is 5.69 Å². The molecule has 1 unspecified atom stereocenters. The van der Waals surface area contributed by atoms with Gasteiger partial charge in [-0.05, 0) is 35.0 Å². The normalized spacial score (nSPS) is 19.6. The minimum atomic E-state index is -0.472. The van der Waals surface area contributed by atoms with E-state index >= 15 is 0 Å². The second kappa shape index (κ2) is 3.44. The lowest BCUT2D eigenvalue weighted by Gasteiger charge is -2.24. The number of rotatable bonds is 0. The zero-order valence-electron chi connectivity index (χ0n) is 7.30. The maximum absolute atomic E-state index is 11.3. The Bertz CT molecular complexity index is 408. The Labute approximate surface area is 94.5 Å². The van der Waals surface area contributed by atoms with Crippen molar-refractivity contribution in [2.24, 2.45) is 0 Å². The lowest BCUT2D eigenvalue weighted by atomic mass is 10.2. The fourth-order valence-corrected chi connectivity index (χ4v) is 2.14. The first kappa shape index (κ1) is 9.80. The molecular weight excluding hydrogens is 269 g/mol. The minimum Gasteiger partial charge on any atom is -0.478 e. The van der Waals surface area contributed by atoms with E-state index in [9.17, 15) is 4.79 Å². The van der Waals surface area contributed by atoms with Crippen LogP contribution in [0.3, 0.4) is 0 Å². The molecule has 0 radical (unpaired) electrons. The molecule has 1 amide bonds. The van der Waals surface area contributed by atoms with Crippen molar-refractivity contribution < 1.29 is 9.53 Å². The molecule has 0 fully saturated rings. The SMILES string of the molecule is CC1Oc2c(Br)cc(Cl)cc2NC1=O. The van der Waals surface area contributed by atoms with Crippen LogP contribution in [0, 0.1) is 0 Å². The molecule has 1 atom stereocenters. The van der Waals surface area contributed by atoms with Gasteiger partial charge in [0.15, 0.2) is 11.9 Å². The van der Waals surface area contributed by atoms with Crippen LogP contribution in [-0.2, 0) is 4.79 Å². The van der Waals surface area contributed by atoms with E-state index in [1.165, 1.54) is 0 Å². The van der Waals surface area contributed by atoms with Gasteiger partial charge in [-0.15, -0.1) is 0 Å². The number of benzene rings is 1. The molecule has 0 aliphatic carbocycles. The topological polar surface area (TPSA) is 38.3 Å². The van der Waals surface area contributed by atoms with Crippen LogP contribution in [0.25, 0.3) is 0 Å². The number of ether oxygens (including phenoxy) is 1. The van der Waals surface area contributed by atoms with E-state index in [1.807, 2.05) is 0 Å². The fraction of sp³-hybridized carbons (Fsp3) is 0.222. The lowest BCUT2D eigenvalue weighted by Crippen LogP contribution is -2.34. The molecule has 2 rings (SSSR count). The fourth-order valence-electron chi connectivity index (χ4n) is 1.24. The van der Waals surface area contributed by atoms with Crippen LogP contribution in [0.5, 0.6) is 5.75 Å². The second-order valence-electron chi connectivity index (χ2n) is 3.01. The van der Waals surface area contributed by atoms with Crippen molar-refractivity contribution in [3.8, 4) is 5.75 Å². The van der Waals surface area contributed by atoms with Gasteiger partial charge in [0.25, 0.3) is 5.91 Å². The van der Waals surface area contributed by atoms with Gasteiger partial charge in [-0.1, -0.05) is 11.6 Å². The van der Waals surface area contributed by atoms with Gasteiger partial charge in [0.05, 0.1) is 10.2 Å². The van der Waals surface area contributed by atoms with Gasteiger partial charge in [-0.2, -0.15) is 0 Å². The molecule has 1 aromatic rings. The van der Waals surface area contributed by atoms with Crippen LogP contribution in [0.1, 0.15) is 6.92 Å². The van der Waals surface area contributed by atoms with Crippen LogP contribution in [0.2, 0.25) is 5.02 Å². The van der Waals surface area contributed by atoms with Gasteiger partial charge in [0.1, 0.15) is 0 Å². The number of carbonyl (C=O) groups is 1. The molecular formula is C9H7BrClNO2. The predicted molar refractivity (Wildman–Crippen MR) is 57.9 cm³/mol. The first-order chi connectivity index (χ1) is 6.58. The summed E-state index contributed by atoms with van der Waals surface area (Å²) >= 11 is 9.15. The quantitative estimate of drug-likeness (QED) is 0.791. The van der Waals surface area contributed by atoms with E-state index < -0.39 is 6.10 Å². The lowest BCUT2D eigenvalue weighted by molar-refractivity contribution is -0.122. The van der Waals surface area contributed by atoms with Crippen molar-refractivity contribution in [1.82, 2.24) is 0 Å². The maximum Gasteiger partial charge on any atom is 0.265 e. The molecule has 1 aliphatic heterocycles. The highest BCUT2D eigenvalue weighted by molar-refractivity contribution is 9.10. The van der Waals surface area contributed by atoms with Gasteiger partial charge in [-0.25, -0.2) is 0 Å². The average molecular weight is 277 g/mol. The highest BCUT2D eigenvalue weighted by atomic mass is 79.9. The molecule has 14 heavy (non-hydrogen) atoms. The molecule has 1 aromatic carbocycles. The van der Waals surface area contributed by atoms with Gasteiger partial charge in [-0.3, -0.25) is 4.79 Å². The zero-order valence-corrected chi connectivity index (χ0v) is 9.65. The summed E-state index contributed by atoms with van der Waals surface area (Å²) in [5.74, 6) is 0.466. The summed E-state index contributed by atoms with van der Waals surface area (Å²) in [6.45, 7) is 1.69. The van der Waals surface area contributed by atoms with E-state index in [1.54, 1.807) is 19.1 Å². The molecule has 0 saturated heterocycles. The number of fused-ring (bicyclic) bond motifs is 1. The predicted octanol–water partition coefficient (Wildman–Crippen LogP) is 2.82. The number of hydrogen-bond donors (Lipinski definition) is 1. The van der Waals surface area contributed by atoms with Crippen LogP contribution >= 0.6 is 27.5 Å².